The summed E-state index contributed by atoms with van der Waals surface area (Å²) in [4.78, 5) is 0. The molecule has 1 heterocycles. The number of rotatable bonds is 7. The van der Waals surface area contributed by atoms with Crippen LogP contribution in [0.3, 0.4) is 0 Å². The summed E-state index contributed by atoms with van der Waals surface area (Å²) in [5, 5.41) is 14.5. The predicted molar refractivity (Wildman–Crippen MR) is 79.3 cm³/mol. The maximum atomic E-state index is 4.31. The van der Waals surface area contributed by atoms with Crippen molar-refractivity contribution in [1.82, 2.24) is 15.5 Å². The molecular weight excluding hydrogens is 242 g/mol. The number of nitrogens with one attached hydrogen (secondary N) is 1. The lowest BCUT2D eigenvalue weighted by molar-refractivity contribution is 0.422. The third-order valence-corrected chi connectivity index (χ3v) is 4.06. The molecule has 0 radical (unpaired) electrons. The van der Waals surface area contributed by atoms with Crippen molar-refractivity contribution >= 4 is 11.3 Å². The van der Waals surface area contributed by atoms with E-state index < -0.39 is 0 Å². The predicted octanol–water partition coefficient (Wildman–Crippen LogP) is 3.76. The molecule has 0 saturated heterocycles. The van der Waals surface area contributed by atoms with Gasteiger partial charge in [0, 0.05) is 17.9 Å². The lowest BCUT2D eigenvalue weighted by atomic mass is 10.1. The van der Waals surface area contributed by atoms with Crippen LogP contribution in [-0.4, -0.2) is 22.3 Å². The van der Waals surface area contributed by atoms with Crippen molar-refractivity contribution in [3.63, 3.8) is 0 Å². The lowest BCUT2D eigenvalue weighted by Gasteiger charge is -2.20. The second-order valence-corrected chi connectivity index (χ2v) is 7.10. The first kappa shape index (κ1) is 15.6. The van der Waals surface area contributed by atoms with Gasteiger partial charge in [-0.05, 0) is 40.2 Å². The van der Waals surface area contributed by atoms with Gasteiger partial charge in [0.1, 0.15) is 10.0 Å². The highest BCUT2D eigenvalue weighted by atomic mass is 32.1. The minimum atomic E-state index is 0.210. The van der Waals surface area contributed by atoms with Gasteiger partial charge in [-0.15, -0.1) is 21.5 Å². The average molecular weight is 269 g/mol. The fraction of sp³-hybridized carbons (Fsp3) is 0.857. The highest BCUT2D eigenvalue weighted by Crippen LogP contribution is 2.24. The van der Waals surface area contributed by atoms with Crippen LogP contribution in [-0.2, 0) is 6.42 Å². The van der Waals surface area contributed by atoms with Crippen LogP contribution in [0.25, 0.3) is 0 Å². The molecule has 0 bridgehead atoms. The quantitative estimate of drug-likeness (QED) is 0.766. The maximum Gasteiger partial charge on any atom is 0.120 e. The van der Waals surface area contributed by atoms with Gasteiger partial charge < -0.3 is 5.32 Å². The van der Waals surface area contributed by atoms with E-state index in [2.05, 4.69) is 50.1 Å². The minimum absolute atomic E-state index is 0.210. The molecule has 0 saturated carbocycles. The van der Waals surface area contributed by atoms with Gasteiger partial charge in [0.25, 0.3) is 0 Å². The first-order valence-electron chi connectivity index (χ1n) is 6.99. The zero-order chi connectivity index (χ0) is 13.6. The van der Waals surface area contributed by atoms with Crippen LogP contribution in [0.1, 0.15) is 69.8 Å². The molecule has 0 aromatic carbocycles. The van der Waals surface area contributed by atoms with Gasteiger partial charge in [-0.3, -0.25) is 0 Å². The van der Waals surface area contributed by atoms with Crippen LogP contribution in [0.2, 0.25) is 0 Å². The van der Waals surface area contributed by atoms with E-state index in [4.69, 9.17) is 0 Å². The SMILES string of the molecule is CCCC(C)c1nnc(CCCNC(C)(C)C)s1. The Morgan fingerprint density at radius 3 is 2.61 bits per heavy atom. The monoisotopic (exact) mass is 269 g/mol. The topological polar surface area (TPSA) is 37.8 Å². The zero-order valence-corrected chi connectivity index (χ0v) is 13.2. The van der Waals surface area contributed by atoms with Crippen molar-refractivity contribution in [1.29, 1.82) is 0 Å². The third kappa shape index (κ3) is 5.91. The summed E-state index contributed by atoms with van der Waals surface area (Å²) in [6.45, 7) is 12.1. The summed E-state index contributed by atoms with van der Waals surface area (Å²) < 4.78 is 0. The van der Waals surface area contributed by atoms with E-state index in [9.17, 15) is 0 Å². The molecule has 0 amide bonds. The van der Waals surface area contributed by atoms with Gasteiger partial charge in [0.05, 0.1) is 0 Å². The van der Waals surface area contributed by atoms with Crippen molar-refractivity contribution in [2.45, 2.75) is 71.8 Å². The number of aryl methyl sites for hydroxylation is 1. The number of aromatic nitrogens is 2. The zero-order valence-electron chi connectivity index (χ0n) is 12.4. The largest absolute Gasteiger partial charge is 0.312 e. The van der Waals surface area contributed by atoms with Crippen LogP contribution >= 0.6 is 11.3 Å². The molecule has 1 N–H and O–H groups in total. The second kappa shape index (κ2) is 7.19. The van der Waals surface area contributed by atoms with E-state index in [0.717, 1.165) is 19.4 Å². The van der Waals surface area contributed by atoms with Gasteiger partial charge >= 0.3 is 0 Å². The van der Waals surface area contributed by atoms with Crippen molar-refractivity contribution in [3.8, 4) is 0 Å². The van der Waals surface area contributed by atoms with E-state index >= 15 is 0 Å². The number of hydrogen-bond donors (Lipinski definition) is 1. The van der Waals surface area contributed by atoms with Crippen molar-refractivity contribution in [2.75, 3.05) is 6.54 Å². The standard InChI is InChI=1S/C14H27N3S/c1-6-8-11(2)13-17-16-12(18-13)9-7-10-15-14(3,4)5/h11,15H,6-10H2,1-5H3. The van der Waals surface area contributed by atoms with Crippen LogP contribution < -0.4 is 5.32 Å². The normalized spacial score (nSPS) is 13.8. The molecule has 0 aliphatic rings. The first-order chi connectivity index (χ1) is 8.42. The van der Waals surface area contributed by atoms with Crippen molar-refractivity contribution in [3.05, 3.63) is 10.0 Å². The Morgan fingerprint density at radius 2 is 2.00 bits per heavy atom. The van der Waals surface area contributed by atoms with Crippen molar-refractivity contribution in [2.24, 2.45) is 0 Å². The molecule has 4 heteroatoms. The summed E-state index contributed by atoms with van der Waals surface area (Å²) >= 11 is 1.79. The molecule has 1 rings (SSSR count). The molecule has 1 aromatic heterocycles. The fourth-order valence-corrected chi connectivity index (χ4v) is 2.80. The molecule has 104 valence electrons. The summed E-state index contributed by atoms with van der Waals surface area (Å²) in [5.74, 6) is 0.564. The third-order valence-electron chi connectivity index (χ3n) is 2.85. The Hall–Kier alpha value is -0.480. The summed E-state index contributed by atoms with van der Waals surface area (Å²) in [7, 11) is 0. The van der Waals surface area contributed by atoms with Gasteiger partial charge in [-0.2, -0.15) is 0 Å². The van der Waals surface area contributed by atoms with E-state index in [0.29, 0.717) is 5.92 Å². The molecule has 1 unspecified atom stereocenters. The average Bonchev–Trinajstić information content (AvgIpc) is 2.72. The Balaban J connectivity index is 2.31. The molecule has 18 heavy (non-hydrogen) atoms. The maximum absolute atomic E-state index is 4.31. The second-order valence-electron chi connectivity index (χ2n) is 6.00. The Kier molecular flexibility index (Phi) is 6.22. The highest BCUT2D eigenvalue weighted by molar-refractivity contribution is 7.11. The van der Waals surface area contributed by atoms with E-state index in [1.165, 1.54) is 22.9 Å². The van der Waals surface area contributed by atoms with E-state index in [1.807, 2.05) is 0 Å². The molecule has 0 spiro atoms. The molecule has 0 aliphatic heterocycles. The van der Waals surface area contributed by atoms with Crippen LogP contribution in [0.5, 0.6) is 0 Å². The van der Waals surface area contributed by atoms with Crippen molar-refractivity contribution < 1.29 is 0 Å². The molecular formula is C14H27N3S. The molecule has 1 atom stereocenters. The van der Waals surface area contributed by atoms with Gasteiger partial charge in [-0.1, -0.05) is 20.3 Å². The highest BCUT2D eigenvalue weighted by Gasteiger charge is 2.11. The molecule has 3 nitrogen and oxygen atoms in total. The lowest BCUT2D eigenvalue weighted by Crippen LogP contribution is -2.36. The van der Waals surface area contributed by atoms with Gasteiger partial charge in [0.15, 0.2) is 0 Å². The Labute approximate surface area is 115 Å². The first-order valence-corrected chi connectivity index (χ1v) is 7.81. The van der Waals surface area contributed by atoms with Crippen LogP contribution in [0, 0.1) is 0 Å². The number of hydrogen-bond acceptors (Lipinski definition) is 4. The Morgan fingerprint density at radius 1 is 1.28 bits per heavy atom. The summed E-state index contributed by atoms with van der Waals surface area (Å²) in [6.07, 6.45) is 4.60. The Bertz CT molecular complexity index is 341. The molecule has 0 aliphatic carbocycles. The smallest absolute Gasteiger partial charge is 0.120 e. The molecule has 0 fully saturated rings. The van der Waals surface area contributed by atoms with Crippen LogP contribution in [0.15, 0.2) is 0 Å². The van der Waals surface area contributed by atoms with Gasteiger partial charge in [0.2, 0.25) is 0 Å². The number of nitrogens with zero attached hydrogens (tertiary/aromatic N) is 2. The fourth-order valence-electron chi connectivity index (χ4n) is 1.83. The van der Waals surface area contributed by atoms with Crippen LogP contribution in [0.4, 0.5) is 0 Å². The molecule has 1 aromatic rings. The van der Waals surface area contributed by atoms with Gasteiger partial charge in [-0.25, -0.2) is 0 Å². The summed E-state index contributed by atoms with van der Waals surface area (Å²) in [5.41, 5.74) is 0.210. The summed E-state index contributed by atoms with van der Waals surface area (Å²) in [6, 6.07) is 0. The van der Waals surface area contributed by atoms with E-state index in [1.54, 1.807) is 11.3 Å². The minimum Gasteiger partial charge on any atom is -0.312 e. The van der Waals surface area contributed by atoms with E-state index in [-0.39, 0.29) is 5.54 Å².